The molecular formula is C30H35FN2O3. The standard InChI is InChI=1S/C30H35FN2O3/c1-3-28(34)33-16-19-7-11-25-22(13-19)15-27-29(18(2)36-30(27)35)26(25)12-10-24-9-8-21(17-32-24)20-5-4-6-23(31)14-20/h4-6,8-10,12,14,17-19,22,25-27,29H,3,7,11,13,15-16H2,1-2H3,(H,33,34)/b12-10+/t18-,19-,22+,25-,26+,27-,29+/m1/s1. The van der Waals surface area contributed by atoms with Gasteiger partial charge in [-0.3, -0.25) is 14.6 Å². The van der Waals surface area contributed by atoms with Gasteiger partial charge < -0.3 is 10.1 Å². The Labute approximate surface area is 212 Å². The topological polar surface area (TPSA) is 68.3 Å². The average Bonchev–Trinajstić information content (AvgIpc) is 3.17. The number of rotatable bonds is 6. The summed E-state index contributed by atoms with van der Waals surface area (Å²) >= 11 is 0. The number of amides is 1. The van der Waals surface area contributed by atoms with Gasteiger partial charge in [-0.1, -0.05) is 31.2 Å². The maximum Gasteiger partial charge on any atom is 0.309 e. The number of hydrogen-bond acceptors (Lipinski definition) is 4. The smallest absolute Gasteiger partial charge is 0.309 e. The van der Waals surface area contributed by atoms with E-state index in [1.807, 2.05) is 32.0 Å². The minimum absolute atomic E-state index is 0.0525. The lowest BCUT2D eigenvalue weighted by molar-refractivity contribution is -0.144. The molecule has 2 saturated carbocycles. The zero-order valence-corrected chi connectivity index (χ0v) is 21.0. The second kappa shape index (κ2) is 10.5. The fourth-order valence-corrected chi connectivity index (χ4v) is 6.83. The molecule has 1 N–H and O–H groups in total. The second-order valence-electron chi connectivity index (χ2n) is 10.7. The summed E-state index contributed by atoms with van der Waals surface area (Å²) in [5.74, 6) is 1.61. The van der Waals surface area contributed by atoms with E-state index in [-0.39, 0.29) is 41.6 Å². The Hall–Kier alpha value is -3.02. The lowest BCUT2D eigenvalue weighted by Gasteiger charge is -2.47. The number of cyclic esters (lactones) is 1. The molecule has 7 atom stereocenters. The Morgan fingerprint density at radius 2 is 2.06 bits per heavy atom. The lowest BCUT2D eigenvalue weighted by atomic mass is 9.56. The predicted octanol–water partition coefficient (Wildman–Crippen LogP) is 5.66. The van der Waals surface area contributed by atoms with E-state index in [1.165, 1.54) is 12.1 Å². The number of carbonyl (C=O) groups is 2. The monoisotopic (exact) mass is 490 g/mol. The van der Waals surface area contributed by atoms with Crippen molar-refractivity contribution in [3.05, 3.63) is 60.2 Å². The van der Waals surface area contributed by atoms with Crippen LogP contribution in [0.3, 0.4) is 0 Å². The molecule has 0 radical (unpaired) electrons. The van der Waals surface area contributed by atoms with Crippen LogP contribution in [0.1, 0.15) is 51.6 Å². The molecule has 2 aliphatic carbocycles. The highest BCUT2D eigenvalue weighted by Crippen LogP contribution is 2.54. The van der Waals surface area contributed by atoms with Crippen LogP contribution in [0.5, 0.6) is 0 Å². The highest BCUT2D eigenvalue weighted by atomic mass is 19.1. The number of nitrogens with one attached hydrogen (secondary N) is 1. The lowest BCUT2D eigenvalue weighted by Crippen LogP contribution is -2.45. The minimum atomic E-state index is -0.261. The molecule has 2 heterocycles. The summed E-state index contributed by atoms with van der Waals surface area (Å²) in [7, 11) is 0. The van der Waals surface area contributed by atoms with Gasteiger partial charge in [0, 0.05) is 30.6 Å². The fraction of sp³-hybridized carbons (Fsp3) is 0.500. The van der Waals surface area contributed by atoms with Crippen LogP contribution in [0.15, 0.2) is 48.7 Å². The Morgan fingerprint density at radius 1 is 1.19 bits per heavy atom. The second-order valence-corrected chi connectivity index (χ2v) is 10.7. The van der Waals surface area contributed by atoms with Crippen molar-refractivity contribution in [2.45, 2.75) is 52.1 Å². The Morgan fingerprint density at radius 3 is 2.81 bits per heavy atom. The van der Waals surface area contributed by atoms with Crippen LogP contribution in [0.4, 0.5) is 4.39 Å². The molecule has 5 nitrogen and oxygen atoms in total. The third-order valence-corrected chi connectivity index (χ3v) is 8.60. The van der Waals surface area contributed by atoms with Crippen molar-refractivity contribution >= 4 is 18.0 Å². The summed E-state index contributed by atoms with van der Waals surface area (Å²) in [5, 5.41) is 3.06. The van der Waals surface area contributed by atoms with E-state index < -0.39 is 0 Å². The molecule has 1 aliphatic heterocycles. The molecule has 5 rings (SSSR count). The van der Waals surface area contributed by atoms with Crippen LogP contribution in [-0.2, 0) is 14.3 Å². The van der Waals surface area contributed by atoms with E-state index in [4.69, 9.17) is 4.74 Å². The highest BCUT2D eigenvalue weighted by Gasteiger charge is 2.54. The van der Waals surface area contributed by atoms with Gasteiger partial charge in [-0.15, -0.1) is 0 Å². The van der Waals surface area contributed by atoms with Gasteiger partial charge in [0.05, 0.1) is 11.6 Å². The molecule has 36 heavy (non-hydrogen) atoms. The van der Waals surface area contributed by atoms with Crippen molar-refractivity contribution in [2.75, 3.05) is 6.54 Å². The number of benzene rings is 1. The number of aromatic nitrogens is 1. The van der Waals surface area contributed by atoms with Gasteiger partial charge in [0.1, 0.15) is 11.9 Å². The Bertz CT molecular complexity index is 1130. The van der Waals surface area contributed by atoms with Crippen molar-refractivity contribution in [3.63, 3.8) is 0 Å². The van der Waals surface area contributed by atoms with Crippen molar-refractivity contribution in [2.24, 2.45) is 35.5 Å². The first-order valence-electron chi connectivity index (χ1n) is 13.3. The molecule has 0 unspecified atom stereocenters. The number of pyridine rings is 1. The van der Waals surface area contributed by atoms with Gasteiger partial charge in [-0.2, -0.15) is 0 Å². The first kappa shape index (κ1) is 24.7. The summed E-state index contributed by atoms with van der Waals surface area (Å²) in [6, 6.07) is 10.5. The molecule has 190 valence electrons. The number of halogens is 1. The van der Waals surface area contributed by atoms with Crippen molar-refractivity contribution in [3.8, 4) is 11.1 Å². The van der Waals surface area contributed by atoms with E-state index in [1.54, 1.807) is 12.3 Å². The average molecular weight is 491 g/mol. The number of ether oxygens (including phenoxy) is 1. The molecule has 2 aromatic rings. The Balaban J connectivity index is 1.33. The Kier molecular flexibility index (Phi) is 7.22. The summed E-state index contributed by atoms with van der Waals surface area (Å²) in [6.07, 6.45) is 10.7. The SMILES string of the molecule is CCC(=O)NC[C@@H]1CC[C@@H]2[C@@H](C1)C[C@H]1C(=O)O[C@H](C)[C@H]1[C@H]2/C=C/c1ccc(-c2cccc(F)c2)cn1. The van der Waals surface area contributed by atoms with Crippen LogP contribution < -0.4 is 5.32 Å². The molecular weight excluding hydrogens is 455 g/mol. The van der Waals surface area contributed by atoms with Crippen LogP contribution in [0, 0.1) is 41.3 Å². The summed E-state index contributed by atoms with van der Waals surface area (Å²) in [5.41, 5.74) is 2.53. The van der Waals surface area contributed by atoms with Crippen molar-refractivity contribution < 1.29 is 18.7 Å². The third-order valence-electron chi connectivity index (χ3n) is 8.60. The molecule has 1 aromatic carbocycles. The molecule has 0 spiro atoms. The molecule has 3 fully saturated rings. The maximum atomic E-state index is 13.6. The number of hydrogen-bond donors (Lipinski definition) is 1. The summed E-state index contributed by atoms with van der Waals surface area (Å²) in [6.45, 7) is 4.63. The zero-order chi connectivity index (χ0) is 25.2. The summed E-state index contributed by atoms with van der Waals surface area (Å²) < 4.78 is 19.3. The van der Waals surface area contributed by atoms with Crippen LogP contribution in [-0.4, -0.2) is 29.5 Å². The maximum absolute atomic E-state index is 13.6. The molecule has 1 aromatic heterocycles. The van der Waals surface area contributed by atoms with Crippen LogP contribution in [0.2, 0.25) is 0 Å². The highest BCUT2D eigenvalue weighted by molar-refractivity contribution is 5.76. The number of esters is 1. The third kappa shape index (κ3) is 5.09. The first-order valence-corrected chi connectivity index (χ1v) is 13.3. The number of allylic oxidation sites excluding steroid dienone is 1. The largest absolute Gasteiger partial charge is 0.462 e. The number of nitrogens with zero attached hydrogens (tertiary/aromatic N) is 1. The van der Waals surface area contributed by atoms with Crippen molar-refractivity contribution in [1.82, 2.24) is 10.3 Å². The molecule has 6 heteroatoms. The first-order chi connectivity index (χ1) is 17.4. The van der Waals surface area contributed by atoms with E-state index in [9.17, 15) is 14.0 Å². The van der Waals surface area contributed by atoms with Gasteiger partial charge in [0.15, 0.2) is 0 Å². The van der Waals surface area contributed by atoms with Gasteiger partial charge >= 0.3 is 5.97 Å². The number of fused-ring (bicyclic) bond motifs is 2. The minimum Gasteiger partial charge on any atom is -0.462 e. The normalized spacial score (nSPS) is 31.5. The zero-order valence-electron chi connectivity index (χ0n) is 21.0. The van der Waals surface area contributed by atoms with E-state index >= 15 is 0 Å². The van der Waals surface area contributed by atoms with Crippen molar-refractivity contribution in [1.29, 1.82) is 0 Å². The van der Waals surface area contributed by atoms with Gasteiger partial charge in [0.25, 0.3) is 0 Å². The quantitative estimate of drug-likeness (QED) is 0.531. The van der Waals surface area contributed by atoms with Crippen LogP contribution in [0.25, 0.3) is 17.2 Å². The fourth-order valence-electron chi connectivity index (χ4n) is 6.83. The van der Waals surface area contributed by atoms with E-state index in [2.05, 4.69) is 22.5 Å². The van der Waals surface area contributed by atoms with E-state index in [0.717, 1.165) is 49.0 Å². The van der Waals surface area contributed by atoms with Gasteiger partial charge in [-0.25, -0.2) is 4.39 Å². The van der Waals surface area contributed by atoms with Crippen LogP contribution >= 0.6 is 0 Å². The van der Waals surface area contributed by atoms with E-state index in [0.29, 0.717) is 24.2 Å². The molecule has 0 bridgehead atoms. The van der Waals surface area contributed by atoms with Gasteiger partial charge in [0.2, 0.25) is 5.91 Å². The number of carbonyl (C=O) groups excluding carboxylic acids is 2. The van der Waals surface area contributed by atoms with Gasteiger partial charge in [-0.05, 0) is 86.1 Å². The predicted molar refractivity (Wildman–Crippen MR) is 137 cm³/mol. The molecule has 1 amide bonds. The molecule has 1 saturated heterocycles. The summed E-state index contributed by atoms with van der Waals surface area (Å²) in [4.78, 5) is 29.1. The molecule has 3 aliphatic rings.